The van der Waals surface area contributed by atoms with Crippen molar-refractivity contribution >= 4 is 5.78 Å². The van der Waals surface area contributed by atoms with Gasteiger partial charge >= 0.3 is 0 Å². The summed E-state index contributed by atoms with van der Waals surface area (Å²) in [6, 6.07) is 0. The van der Waals surface area contributed by atoms with E-state index in [0.717, 1.165) is 6.54 Å². The van der Waals surface area contributed by atoms with Crippen molar-refractivity contribution in [1.29, 1.82) is 0 Å². The van der Waals surface area contributed by atoms with Crippen LogP contribution >= 0.6 is 0 Å². The summed E-state index contributed by atoms with van der Waals surface area (Å²) in [7, 11) is 1.87. The molecule has 0 aromatic carbocycles. The molecule has 0 rings (SSSR count). The number of hydrogen-bond donors (Lipinski definition) is 1. The second-order valence-corrected chi connectivity index (χ2v) is 2.69. The van der Waals surface area contributed by atoms with Gasteiger partial charge in [-0.05, 0) is 14.0 Å². The van der Waals surface area contributed by atoms with Crippen molar-refractivity contribution in [2.24, 2.45) is 5.92 Å². The van der Waals surface area contributed by atoms with Crippen molar-refractivity contribution in [2.45, 2.75) is 13.8 Å². The first kappa shape index (κ1) is 10.6. The van der Waals surface area contributed by atoms with E-state index in [9.17, 15) is 4.79 Å². The Morgan fingerprint density at radius 2 is 2.27 bits per heavy atom. The smallest absolute Gasteiger partial charge is 0.134 e. The molecular formula is C8H17NO2. The maximum absolute atomic E-state index is 10.7. The SMILES string of the molecule is CNCCOCC(C)C(C)=O. The number of hydrogen-bond acceptors (Lipinski definition) is 3. The summed E-state index contributed by atoms with van der Waals surface area (Å²) in [5.41, 5.74) is 0. The molecule has 0 spiro atoms. The molecule has 0 fully saturated rings. The molecule has 1 N–H and O–H groups in total. The predicted octanol–water partition coefficient (Wildman–Crippen LogP) is 0.447. The normalized spacial score (nSPS) is 13.0. The van der Waals surface area contributed by atoms with E-state index in [1.165, 1.54) is 0 Å². The molecule has 3 heteroatoms. The summed E-state index contributed by atoms with van der Waals surface area (Å²) in [4.78, 5) is 10.7. The van der Waals surface area contributed by atoms with E-state index in [4.69, 9.17) is 4.74 Å². The van der Waals surface area contributed by atoms with Crippen LogP contribution in [0.25, 0.3) is 0 Å². The lowest BCUT2D eigenvalue weighted by atomic mass is 10.1. The monoisotopic (exact) mass is 159 g/mol. The van der Waals surface area contributed by atoms with Crippen LogP contribution in [0.1, 0.15) is 13.8 Å². The quantitative estimate of drug-likeness (QED) is 0.572. The maximum Gasteiger partial charge on any atom is 0.134 e. The van der Waals surface area contributed by atoms with E-state index in [1.54, 1.807) is 6.92 Å². The Morgan fingerprint density at radius 3 is 2.73 bits per heavy atom. The van der Waals surface area contributed by atoms with E-state index in [0.29, 0.717) is 13.2 Å². The molecule has 0 aromatic rings. The molecular weight excluding hydrogens is 142 g/mol. The van der Waals surface area contributed by atoms with Gasteiger partial charge in [-0.3, -0.25) is 4.79 Å². The highest BCUT2D eigenvalue weighted by molar-refractivity contribution is 5.77. The lowest BCUT2D eigenvalue weighted by molar-refractivity contribution is -0.122. The zero-order valence-electron chi connectivity index (χ0n) is 7.52. The zero-order chi connectivity index (χ0) is 8.69. The number of carbonyl (C=O) groups is 1. The number of rotatable bonds is 6. The number of Topliss-reactive ketones (excluding diaryl/α,β-unsaturated/α-hetero) is 1. The first-order chi connectivity index (χ1) is 5.18. The van der Waals surface area contributed by atoms with Gasteiger partial charge in [0.05, 0.1) is 13.2 Å². The first-order valence-electron chi connectivity index (χ1n) is 3.91. The molecule has 3 nitrogen and oxygen atoms in total. The third-order valence-electron chi connectivity index (χ3n) is 1.56. The van der Waals surface area contributed by atoms with Crippen LogP contribution < -0.4 is 5.32 Å². The summed E-state index contributed by atoms with van der Waals surface area (Å²) in [6.07, 6.45) is 0. The molecule has 11 heavy (non-hydrogen) atoms. The average Bonchev–Trinajstić information content (AvgIpc) is 1.97. The van der Waals surface area contributed by atoms with Crippen LogP contribution in [0.2, 0.25) is 0 Å². The molecule has 0 radical (unpaired) electrons. The number of ketones is 1. The van der Waals surface area contributed by atoms with Gasteiger partial charge in [0, 0.05) is 12.5 Å². The molecule has 0 heterocycles. The third-order valence-corrected chi connectivity index (χ3v) is 1.56. The molecule has 66 valence electrons. The van der Waals surface area contributed by atoms with Crippen LogP contribution in [0, 0.1) is 5.92 Å². The van der Waals surface area contributed by atoms with Gasteiger partial charge in [-0.1, -0.05) is 6.92 Å². The lowest BCUT2D eigenvalue weighted by Gasteiger charge is -2.07. The van der Waals surface area contributed by atoms with Gasteiger partial charge in [0.1, 0.15) is 5.78 Å². The van der Waals surface area contributed by atoms with Gasteiger partial charge < -0.3 is 10.1 Å². The van der Waals surface area contributed by atoms with Crippen LogP contribution in [0.5, 0.6) is 0 Å². The zero-order valence-corrected chi connectivity index (χ0v) is 7.52. The molecule has 1 unspecified atom stereocenters. The Kier molecular flexibility index (Phi) is 6.07. The molecule has 0 aliphatic rings. The van der Waals surface area contributed by atoms with Gasteiger partial charge in [-0.15, -0.1) is 0 Å². The summed E-state index contributed by atoms with van der Waals surface area (Å²) >= 11 is 0. The van der Waals surface area contributed by atoms with E-state index < -0.39 is 0 Å². The summed E-state index contributed by atoms with van der Waals surface area (Å²) in [6.45, 7) is 5.52. The number of carbonyl (C=O) groups excluding carboxylic acids is 1. The minimum atomic E-state index is 0.0341. The lowest BCUT2D eigenvalue weighted by Crippen LogP contribution is -2.19. The van der Waals surface area contributed by atoms with Crippen molar-refractivity contribution in [3.63, 3.8) is 0 Å². The van der Waals surface area contributed by atoms with Crippen molar-refractivity contribution < 1.29 is 9.53 Å². The number of nitrogens with one attached hydrogen (secondary N) is 1. The highest BCUT2D eigenvalue weighted by atomic mass is 16.5. The second-order valence-electron chi connectivity index (χ2n) is 2.69. The van der Waals surface area contributed by atoms with Gasteiger partial charge in [0.15, 0.2) is 0 Å². The van der Waals surface area contributed by atoms with Crippen LogP contribution in [0.4, 0.5) is 0 Å². The molecule has 0 amide bonds. The van der Waals surface area contributed by atoms with Crippen molar-refractivity contribution in [2.75, 3.05) is 26.8 Å². The molecule has 0 saturated carbocycles. The third kappa shape index (κ3) is 6.01. The largest absolute Gasteiger partial charge is 0.379 e. The molecule has 1 atom stereocenters. The van der Waals surface area contributed by atoms with E-state index in [-0.39, 0.29) is 11.7 Å². The Hall–Kier alpha value is -0.410. The van der Waals surface area contributed by atoms with E-state index in [2.05, 4.69) is 5.32 Å². The Bertz CT molecular complexity index is 115. The molecule has 0 bridgehead atoms. The van der Waals surface area contributed by atoms with E-state index >= 15 is 0 Å². The minimum Gasteiger partial charge on any atom is -0.379 e. The van der Waals surface area contributed by atoms with Crippen molar-refractivity contribution in [3.8, 4) is 0 Å². The van der Waals surface area contributed by atoms with Gasteiger partial charge in [0.25, 0.3) is 0 Å². The Labute approximate surface area is 68.1 Å². The summed E-state index contributed by atoms with van der Waals surface area (Å²) in [5, 5.41) is 2.96. The topological polar surface area (TPSA) is 38.3 Å². The van der Waals surface area contributed by atoms with Crippen molar-refractivity contribution in [1.82, 2.24) is 5.32 Å². The van der Waals surface area contributed by atoms with Crippen LogP contribution in [0.3, 0.4) is 0 Å². The maximum atomic E-state index is 10.7. The minimum absolute atomic E-state index is 0.0341. The first-order valence-corrected chi connectivity index (χ1v) is 3.91. The number of likely N-dealkylation sites (N-methyl/N-ethyl adjacent to an activating group) is 1. The fourth-order valence-corrected chi connectivity index (χ4v) is 0.552. The fourth-order valence-electron chi connectivity index (χ4n) is 0.552. The Morgan fingerprint density at radius 1 is 1.64 bits per heavy atom. The number of ether oxygens (including phenoxy) is 1. The van der Waals surface area contributed by atoms with Crippen LogP contribution in [0.15, 0.2) is 0 Å². The van der Waals surface area contributed by atoms with Crippen molar-refractivity contribution in [3.05, 3.63) is 0 Å². The molecule has 0 saturated heterocycles. The van der Waals surface area contributed by atoms with Crippen LogP contribution in [-0.4, -0.2) is 32.6 Å². The fraction of sp³-hybridized carbons (Fsp3) is 0.875. The standard InChI is InChI=1S/C8H17NO2/c1-7(8(2)10)6-11-5-4-9-3/h7,9H,4-6H2,1-3H3. The van der Waals surface area contributed by atoms with Gasteiger partial charge in [0.2, 0.25) is 0 Å². The van der Waals surface area contributed by atoms with Gasteiger partial charge in [-0.25, -0.2) is 0 Å². The average molecular weight is 159 g/mol. The molecule has 0 aliphatic heterocycles. The summed E-state index contributed by atoms with van der Waals surface area (Å²) in [5.74, 6) is 0.223. The Balaban J connectivity index is 3.17. The highest BCUT2D eigenvalue weighted by Crippen LogP contribution is 1.95. The van der Waals surface area contributed by atoms with E-state index in [1.807, 2.05) is 14.0 Å². The second kappa shape index (κ2) is 6.31. The summed E-state index contributed by atoms with van der Waals surface area (Å²) < 4.78 is 5.21. The van der Waals surface area contributed by atoms with Crippen LogP contribution in [-0.2, 0) is 9.53 Å². The predicted molar refractivity (Wildman–Crippen MR) is 44.6 cm³/mol. The highest BCUT2D eigenvalue weighted by Gasteiger charge is 2.06. The molecule has 0 aromatic heterocycles. The molecule has 0 aliphatic carbocycles. The van der Waals surface area contributed by atoms with Gasteiger partial charge in [-0.2, -0.15) is 0 Å².